The van der Waals surface area contributed by atoms with Crippen molar-refractivity contribution in [3.8, 4) is 0 Å². The molecule has 0 radical (unpaired) electrons. The van der Waals surface area contributed by atoms with Crippen LogP contribution in [0.4, 0.5) is 14.5 Å². The SMILES string of the molecule is O=C(Cn1cc(S(=O)(=O)N2CCOCC2)ccc1=O)Nc1cc(F)ccc1F. The van der Waals surface area contributed by atoms with Gasteiger partial charge in [0.25, 0.3) is 5.56 Å². The third kappa shape index (κ3) is 4.43. The van der Waals surface area contributed by atoms with Gasteiger partial charge in [-0.2, -0.15) is 4.31 Å². The van der Waals surface area contributed by atoms with Gasteiger partial charge in [0, 0.05) is 31.4 Å². The van der Waals surface area contributed by atoms with Crippen molar-refractivity contribution in [3.05, 3.63) is 58.5 Å². The van der Waals surface area contributed by atoms with Crippen molar-refractivity contribution < 1.29 is 26.7 Å². The minimum absolute atomic E-state index is 0.154. The Kier molecular flexibility index (Phi) is 5.87. The molecule has 0 spiro atoms. The number of nitrogens with one attached hydrogen (secondary N) is 1. The number of nitrogens with zero attached hydrogens (tertiary/aromatic N) is 2. The van der Waals surface area contributed by atoms with Crippen molar-refractivity contribution in [2.24, 2.45) is 0 Å². The number of hydrogen-bond donors (Lipinski definition) is 1. The van der Waals surface area contributed by atoms with E-state index in [2.05, 4.69) is 5.32 Å². The van der Waals surface area contributed by atoms with Gasteiger partial charge in [-0.05, 0) is 18.2 Å². The first-order chi connectivity index (χ1) is 13.3. The number of halogens is 2. The number of aromatic nitrogens is 1. The summed E-state index contributed by atoms with van der Waals surface area (Å²) in [4.78, 5) is 24.0. The summed E-state index contributed by atoms with van der Waals surface area (Å²) < 4.78 is 59.4. The van der Waals surface area contributed by atoms with Crippen LogP contribution in [-0.2, 0) is 26.1 Å². The number of morpholine rings is 1. The summed E-state index contributed by atoms with van der Waals surface area (Å²) in [6, 6.07) is 4.74. The topological polar surface area (TPSA) is 97.7 Å². The minimum atomic E-state index is -3.86. The predicted octanol–water partition coefficient (Wildman–Crippen LogP) is 0.786. The first-order valence-electron chi connectivity index (χ1n) is 8.31. The zero-order valence-corrected chi connectivity index (χ0v) is 15.4. The van der Waals surface area contributed by atoms with Gasteiger partial charge in [-0.3, -0.25) is 9.59 Å². The molecule has 1 saturated heterocycles. The van der Waals surface area contributed by atoms with Crippen molar-refractivity contribution in [1.82, 2.24) is 8.87 Å². The Bertz CT molecular complexity index is 1050. The Labute approximate surface area is 159 Å². The Morgan fingerprint density at radius 1 is 1.14 bits per heavy atom. The summed E-state index contributed by atoms with van der Waals surface area (Å²) in [6.45, 7) is 0.323. The van der Waals surface area contributed by atoms with E-state index in [0.717, 1.165) is 41.1 Å². The van der Waals surface area contributed by atoms with Gasteiger partial charge in [0.15, 0.2) is 0 Å². The first-order valence-corrected chi connectivity index (χ1v) is 9.75. The van der Waals surface area contributed by atoms with Gasteiger partial charge in [0.1, 0.15) is 18.2 Å². The van der Waals surface area contributed by atoms with E-state index in [-0.39, 0.29) is 36.9 Å². The quantitative estimate of drug-likeness (QED) is 0.782. The number of ether oxygens (including phenoxy) is 1. The second-order valence-electron chi connectivity index (χ2n) is 6.02. The highest BCUT2D eigenvalue weighted by atomic mass is 32.2. The van der Waals surface area contributed by atoms with Crippen LogP contribution < -0.4 is 10.9 Å². The lowest BCUT2D eigenvalue weighted by Gasteiger charge is -2.26. The summed E-state index contributed by atoms with van der Waals surface area (Å²) >= 11 is 0. The zero-order chi connectivity index (χ0) is 20.3. The first kappa shape index (κ1) is 20.1. The van der Waals surface area contributed by atoms with Gasteiger partial charge >= 0.3 is 0 Å². The summed E-state index contributed by atoms with van der Waals surface area (Å²) in [5.41, 5.74) is -0.995. The average molecular weight is 413 g/mol. The maximum Gasteiger partial charge on any atom is 0.251 e. The predicted molar refractivity (Wildman–Crippen MR) is 95.3 cm³/mol. The Balaban J connectivity index is 1.80. The van der Waals surface area contributed by atoms with Crippen LogP contribution >= 0.6 is 0 Å². The standard InChI is InChI=1S/C17H17F2N3O5S/c18-12-1-3-14(19)15(9-12)20-16(23)11-21-10-13(2-4-17(21)24)28(25,26)22-5-7-27-8-6-22/h1-4,9-10H,5-8,11H2,(H,20,23). The van der Waals surface area contributed by atoms with E-state index in [1.807, 2.05) is 0 Å². The highest BCUT2D eigenvalue weighted by Gasteiger charge is 2.27. The summed E-state index contributed by atoms with van der Waals surface area (Å²) in [5, 5.41) is 2.16. The molecule has 1 amide bonds. The number of carbonyl (C=O) groups excluding carboxylic acids is 1. The Hall–Kier alpha value is -2.63. The number of hydrogen-bond acceptors (Lipinski definition) is 5. The average Bonchev–Trinajstić information content (AvgIpc) is 2.67. The molecule has 1 aliphatic rings. The Morgan fingerprint density at radius 3 is 2.57 bits per heavy atom. The van der Waals surface area contributed by atoms with E-state index >= 15 is 0 Å². The second-order valence-corrected chi connectivity index (χ2v) is 7.96. The molecule has 2 aromatic rings. The molecule has 0 aliphatic carbocycles. The van der Waals surface area contributed by atoms with Crippen LogP contribution in [0.25, 0.3) is 0 Å². The van der Waals surface area contributed by atoms with E-state index in [9.17, 15) is 26.8 Å². The number of benzene rings is 1. The van der Waals surface area contributed by atoms with Crippen LogP contribution in [0.2, 0.25) is 0 Å². The van der Waals surface area contributed by atoms with Crippen LogP contribution in [0.3, 0.4) is 0 Å². The van der Waals surface area contributed by atoms with Crippen molar-refractivity contribution in [1.29, 1.82) is 0 Å². The molecule has 1 aromatic heterocycles. The highest BCUT2D eigenvalue weighted by molar-refractivity contribution is 7.89. The fraction of sp³-hybridized carbons (Fsp3) is 0.294. The third-order valence-corrected chi connectivity index (χ3v) is 5.96. The van der Waals surface area contributed by atoms with E-state index in [1.165, 1.54) is 4.31 Å². The van der Waals surface area contributed by atoms with Crippen molar-refractivity contribution >= 4 is 21.6 Å². The third-order valence-electron chi connectivity index (χ3n) is 4.08. The zero-order valence-electron chi connectivity index (χ0n) is 14.6. The maximum absolute atomic E-state index is 13.6. The van der Waals surface area contributed by atoms with Gasteiger partial charge in [-0.1, -0.05) is 0 Å². The van der Waals surface area contributed by atoms with Crippen molar-refractivity contribution in [3.63, 3.8) is 0 Å². The molecule has 0 unspecified atom stereocenters. The molecule has 8 nitrogen and oxygen atoms in total. The van der Waals surface area contributed by atoms with Gasteiger partial charge in [-0.15, -0.1) is 0 Å². The molecular weight excluding hydrogens is 396 g/mol. The summed E-state index contributed by atoms with van der Waals surface area (Å²) in [7, 11) is -3.86. The molecule has 1 aromatic carbocycles. The molecule has 1 N–H and O–H groups in total. The molecule has 0 bridgehead atoms. The van der Waals surface area contributed by atoms with E-state index in [1.54, 1.807) is 0 Å². The maximum atomic E-state index is 13.6. The molecule has 28 heavy (non-hydrogen) atoms. The molecular formula is C17H17F2N3O5S. The number of pyridine rings is 1. The van der Waals surface area contributed by atoms with Gasteiger partial charge in [-0.25, -0.2) is 17.2 Å². The Morgan fingerprint density at radius 2 is 1.86 bits per heavy atom. The minimum Gasteiger partial charge on any atom is -0.379 e. The second kappa shape index (κ2) is 8.17. The number of amides is 1. The molecule has 1 aliphatic heterocycles. The molecule has 0 atom stereocenters. The van der Waals surface area contributed by atoms with Crippen LogP contribution in [0.1, 0.15) is 0 Å². The molecule has 150 valence electrons. The number of rotatable bonds is 5. The van der Waals surface area contributed by atoms with Gasteiger partial charge in [0.2, 0.25) is 15.9 Å². The molecule has 1 fully saturated rings. The van der Waals surface area contributed by atoms with Crippen molar-refractivity contribution in [2.45, 2.75) is 11.4 Å². The van der Waals surface area contributed by atoms with Crippen LogP contribution in [0.5, 0.6) is 0 Å². The largest absolute Gasteiger partial charge is 0.379 e. The summed E-state index contributed by atoms with van der Waals surface area (Å²) in [5.74, 6) is -2.40. The lowest BCUT2D eigenvalue weighted by Crippen LogP contribution is -2.41. The monoisotopic (exact) mass is 413 g/mol. The molecule has 11 heteroatoms. The van der Waals surface area contributed by atoms with E-state index < -0.39 is 39.7 Å². The van der Waals surface area contributed by atoms with Crippen LogP contribution in [0.15, 0.2) is 46.2 Å². The normalized spacial score (nSPS) is 15.4. The summed E-state index contributed by atoms with van der Waals surface area (Å²) in [6.07, 6.45) is 1.05. The van der Waals surface area contributed by atoms with Crippen LogP contribution in [-0.4, -0.2) is 49.5 Å². The number of sulfonamides is 1. The molecule has 3 rings (SSSR count). The fourth-order valence-corrected chi connectivity index (χ4v) is 4.09. The lowest BCUT2D eigenvalue weighted by atomic mass is 10.3. The highest BCUT2D eigenvalue weighted by Crippen LogP contribution is 2.17. The fourth-order valence-electron chi connectivity index (χ4n) is 2.66. The van der Waals surface area contributed by atoms with E-state index in [4.69, 9.17) is 4.74 Å². The number of anilines is 1. The van der Waals surface area contributed by atoms with E-state index in [0.29, 0.717) is 0 Å². The number of carbonyl (C=O) groups is 1. The van der Waals surface area contributed by atoms with Crippen molar-refractivity contribution in [2.75, 3.05) is 31.6 Å². The molecule has 0 saturated carbocycles. The van der Waals surface area contributed by atoms with Gasteiger partial charge in [0.05, 0.1) is 23.8 Å². The smallest absolute Gasteiger partial charge is 0.251 e. The van der Waals surface area contributed by atoms with Crippen LogP contribution in [0, 0.1) is 11.6 Å². The molecule has 2 heterocycles. The van der Waals surface area contributed by atoms with Gasteiger partial charge < -0.3 is 14.6 Å². The lowest BCUT2D eigenvalue weighted by molar-refractivity contribution is -0.116.